The van der Waals surface area contributed by atoms with E-state index in [0.29, 0.717) is 36.0 Å². The SMILES string of the molecule is C[C@]1(NC(=O)C[C@@H](C(=O)Nc2ccc3c(c2)OCCO3)C(=O)c2ccccc2)CCS(=O)(=O)C1. The molecule has 0 radical (unpaired) electrons. The Balaban J connectivity index is 1.52. The third kappa shape index (κ3) is 5.56. The smallest absolute Gasteiger partial charge is 0.235 e. The second-order valence-electron chi connectivity index (χ2n) is 8.79. The van der Waals surface area contributed by atoms with E-state index in [-0.39, 0.29) is 17.9 Å². The topological polar surface area (TPSA) is 128 Å². The molecule has 4 rings (SSSR count). The third-order valence-corrected chi connectivity index (χ3v) is 7.74. The Morgan fingerprint density at radius 1 is 1.03 bits per heavy atom. The second-order valence-corrected chi connectivity index (χ2v) is 11.0. The lowest BCUT2D eigenvalue weighted by Gasteiger charge is -2.25. The van der Waals surface area contributed by atoms with E-state index in [2.05, 4.69) is 10.6 Å². The quantitative estimate of drug-likeness (QED) is 0.452. The van der Waals surface area contributed by atoms with E-state index >= 15 is 0 Å². The Morgan fingerprint density at radius 2 is 1.74 bits per heavy atom. The van der Waals surface area contributed by atoms with Gasteiger partial charge in [0.1, 0.15) is 19.1 Å². The van der Waals surface area contributed by atoms with Crippen molar-refractivity contribution in [3.63, 3.8) is 0 Å². The number of Topliss-reactive ketones (excluding diaryl/α,β-unsaturated/α-hetero) is 1. The van der Waals surface area contributed by atoms with Crippen LogP contribution in [0.5, 0.6) is 11.5 Å². The maximum atomic E-state index is 13.2. The highest BCUT2D eigenvalue weighted by Crippen LogP contribution is 2.33. The van der Waals surface area contributed by atoms with Crippen molar-refractivity contribution >= 4 is 33.1 Å². The van der Waals surface area contributed by atoms with Gasteiger partial charge in [0.15, 0.2) is 27.1 Å². The van der Waals surface area contributed by atoms with Gasteiger partial charge in [0, 0.05) is 23.7 Å². The number of benzene rings is 2. The summed E-state index contributed by atoms with van der Waals surface area (Å²) in [5, 5.41) is 5.41. The molecule has 9 nitrogen and oxygen atoms in total. The zero-order valence-corrected chi connectivity index (χ0v) is 19.5. The lowest BCUT2D eigenvalue weighted by atomic mass is 9.92. The summed E-state index contributed by atoms with van der Waals surface area (Å²) in [7, 11) is -3.24. The summed E-state index contributed by atoms with van der Waals surface area (Å²) < 4.78 is 34.7. The van der Waals surface area contributed by atoms with Crippen molar-refractivity contribution in [3.8, 4) is 11.5 Å². The van der Waals surface area contributed by atoms with Gasteiger partial charge in [0.05, 0.1) is 17.0 Å². The molecule has 2 aliphatic rings. The Morgan fingerprint density at radius 3 is 2.41 bits per heavy atom. The molecule has 180 valence electrons. The molecule has 34 heavy (non-hydrogen) atoms. The number of carbonyl (C=O) groups is 3. The molecule has 2 aromatic carbocycles. The molecule has 0 aromatic heterocycles. The van der Waals surface area contributed by atoms with Gasteiger partial charge in [-0.25, -0.2) is 8.42 Å². The van der Waals surface area contributed by atoms with Crippen molar-refractivity contribution in [3.05, 3.63) is 54.1 Å². The molecule has 0 saturated carbocycles. The van der Waals surface area contributed by atoms with Crippen LogP contribution in [0.3, 0.4) is 0 Å². The zero-order chi connectivity index (χ0) is 24.3. The van der Waals surface area contributed by atoms with Gasteiger partial charge in [0.2, 0.25) is 11.8 Å². The molecule has 2 atom stereocenters. The van der Waals surface area contributed by atoms with Crippen molar-refractivity contribution in [2.45, 2.75) is 25.3 Å². The Bertz CT molecular complexity index is 1210. The molecule has 1 saturated heterocycles. The summed E-state index contributed by atoms with van der Waals surface area (Å²) in [4.78, 5) is 39.2. The summed E-state index contributed by atoms with van der Waals surface area (Å²) in [6.45, 7) is 2.47. The fraction of sp³-hybridized carbons (Fsp3) is 0.375. The average molecular weight is 487 g/mol. The molecule has 2 amide bonds. The van der Waals surface area contributed by atoms with E-state index in [9.17, 15) is 22.8 Å². The number of carbonyl (C=O) groups excluding carboxylic acids is 3. The number of ether oxygens (including phenoxy) is 2. The van der Waals surface area contributed by atoms with Gasteiger partial charge in [-0.3, -0.25) is 14.4 Å². The highest BCUT2D eigenvalue weighted by atomic mass is 32.2. The maximum absolute atomic E-state index is 13.2. The minimum atomic E-state index is -3.24. The second kappa shape index (κ2) is 9.46. The highest BCUT2D eigenvalue weighted by molar-refractivity contribution is 7.91. The van der Waals surface area contributed by atoms with Crippen molar-refractivity contribution in [1.29, 1.82) is 0 Å². The number of amides is 2. The van der Waals surface area contributed by atoms with Crippen LogP contribution in [0.4, 0.5) is 5.69 Å². The van der Waals surface area contributed by atoms with Crippen LogP contribution in [0.25, 0.3) is 0 Å². The first-order valence-corrected chi connectivity index (χ1v) is 12.8. The number of hydrogen-bond donors (Lipinski definition) is 2. The summed E-state index contributed by atoms with van der Waals surface area (Å²) in [6.07, 6.45) is -0.137. The average Bonchev–Trinajstić information content (AvgIpc) is 3.09. The van der Waals surface area contributed by atoms with Crippen molar-refractivity contribution in [1.82, 2.24) is 5.32 Å². The van der Waals surface area contributed by atoms with Gasteiger partial charge >= 0.3 is 0 Å². The van der Waals surface area contributed by atoms with Gasteiger partial charge in [-0.15, -0.1) is 0 Å². The summed E-state index contributed by atoms with van der Waals surface area (Å²) >= 11 is 0. The molecule has 2 aromatic rings. The van der Waals surface area contributed by atoms with Crippen LogP contribution in [0.2, 0.25) is 0 Å². The van der Waals surface area contributed by atoms with Gasteiger partial charge in [-0.2, -0.15) is 0 Å². The van der Waals surface area contributed by atoms with Crippen molar-refractivity contribution in [2.24, 2.45) is 5.92 Å². The van der Waals surface area contributed by atoms with E-state index < -0.39 is 45.3 Å². The Kier molecular flexibility index (Phi) is 6.60. The van der Waals surface area contributed by atoms with Crippen LogP contribution in [-0.4, -0.2) is 56.3 Å². The number of ketones is 1. The number of fused-ring (bicyclic) bond motifs is 1. The van der Waals surface area contributed by atoms with Gasteiger partial charge < -0.3 is 20.1 Å². The number of hydrogen-bond acceptors (Lipinski definition) is 7. The van der Waals surface area contributed by atoms with E-state index in [1.54, 1.807) is 55.5 Å². The van der Waals surface area contributed by atoms with Crippen LogP contribution in [0.15, 0.2) is 48.5 Å². The van der Waals surface area contributed by atoms with Gasteiger partial charge in [-0.05, 0) is 25.5 Å². The molecule has 0 bridgehead atoms. The van der Waals surface area contributed by atoms with Gasteiger partial charge in [-0.1, -0.05) is 30.3 Å². The first-order valence-electron chi connectivity index (χ1n) is 11.0. The first-order chi connectivity index (χ1) is 16.1. The van der Waals surface area contributed by atoms with Crippen molar-refractivity contribution in [2.75, 3.05) is 30.0 Å². The number of anilines is 1. The van der Waals surface area contributed by atoms with Gasteiger partial charge in [0.25, 0.3) is 0 Å². The maximum Gasteiger partial charge on any atom is 0.235 e. The minimum absolute atomic E-state index is 0.0131. The third-order valence-electron chi connectivity index (χ3n) is 5.84. The molecular formula is C24H26N2O7S. The fourth-order valence-corrected chi connectivity index (χ4v) is 6.23. The minimum Gasteiger partial charge on any atom is -0.486 e. The molecule has 10 heteroatoms. The molecule has 2 aliphatic heterocycles. The predicted octanol–water partition coefficient (Wildman–Crippen LogP) is 1.98. The lowest BCUT2D eigenvalue weighted by molar-refractivity contribution is -0.127. The molecule has 0 aliphatic carbocycles. The van der Waals surface area contributed by atoms with Crippen LogP contribution < -0.4 is 20.1 Å². The largest absolute Gasteiger partial charge is 0.486 e. The van der Waals surface area contributed by atoms with E-state index in [0.717, 1.165) is 0 Å². The molecule has 2 N–H and O–H groups in total. The van der Waals surface area contributed by atoms with E-state index in [1.807, 2.05) is 0 Å². The Labute approximate surface area is 197 Å². The Hall–Kier alpha value is -3.40. The molecule has 0 spiro atoms. The fourth-order valence-electron chi connectivity index (χ4n) is 4.14. The van der Waals surface area contributed by atoms with Crippen LogP contribution >= 0.6 is 0 Å². The number of rotatable bonds is 7. The van der Waals surface area contributed by atoms with Crippen LogP contribution in [0.1, 0.15) is 30.1 Å². The van der Waals surface area contributed by atoms with E-state index in [4.69, 9.17) is 9.47 Å². The van der Waals surface area contributed by atoms with E-state index in [1.165, 1.54) is 0 Å². The van der Waals surface area contributed by atoms with Crippen LogP contribution in [-0.2, 0) is 19.4 Å². The molecule has 0 unspecified atom stereocenters. The molecule has 2 heterocycles. The zero-order valence-electron chi connectivity index (χ0n) is 18.7. The first kappa shape index (κ1) is 23.7. The number of nitrogens with one attached hydrogen (secondary N) is 2. The predicted molar refractivity (Wildman–Crippen MR) is 125 cm³/mol. The lowest BCUT2D eigenvalue weighted by Crippen LogP contribution is -2.48. The number of sulfone groups is 1. The van der Waals surface area contributed by atoms with Crippen LogP contribution in [0, 0.1) is 5.92 Å². The summed E-state index contributed by atoms with van der Waals surface area (Å²) in [6, 6.07) is 13.1. The standard InChI is InChI=1S/C24H26N2O7S/c1-24(9-12-34(30,31)15-24)26-21(27)14-18(22(28)16-5-3-2-4-6-16)23(29)25-17-7-8-19-20(13-17)33-11-10-32-19/h2-8,13,18H,9-12,14-15H2,1H3,(H,25,29)(H,26,27)/t18-,24+/m1/s1. The monoisotopic (exact) mass is 486 g/mol. The van der Waals surface area contributed by atoms with Crippen molar-refractivity contribution < 1.29 is 32.3 Å². The summed E-state index contributed by atoms with van der Waals surface area (Å²) in [5.74, 6) is -2.18. The molecular weight excluding hydrogens is 460 g/mol. The normalized spacial score (nSPS) is 21.3. The summed E-state index contributed by atoms with van der Waals surface area (Å²) in [5.41, 5.74) is -0.232. The molecule has 1 fully saturated rings. The highest BCUT2D eigenvalue weighted by Gasteiger charge is 2.40.